The van der Waals surface area contributed by atoms with Crippen molar-refractivity contribution in [3.05, 3.63) is 81.7 Å². The summed E-state index contributed by atoms with van der Waals surface area (Å²) in [5, 5.41) is 3.08. The predicted octanol–water partition coefficient (Wildman–Crippen LogP) is 2.25. The smallest absolute Gasteiger partial charge is 0.280 e. The molecule has 0 spiro atoms. The van der Waals surface area contributed by atoms with Gasteiger partial charge in [-0.3, -0.25) is 29.3 Å². The van der Waals surface area contributed by atoms with Crippen molar-refractivity contribution in [1.82, 2.24) is 24.6 Å². The van der Waals surface area contributed by atoms with E-state index in [1.54, 1.807) is 29.8 Å². The zero-order valence-electron chi connectivity index (χ0n) is 17.9. The van der Waals surface area contributed by atoms with Gasteiger partial charge in [-0.15, -0.1) is 6.58 Å². The fourth-order valence-electron chi connectivity index (χ4n) is 3.85. The van der Waals surface area contributed by atoms with Gasteiger partial charge in [0.2, 0.25) is 0 Å². The van der Waals surface area contributed by atoms with Crippen molar-refractivity contribution < 1.29 is 9.59 Å². The summed E-state index contributed by atoms with van der Waals surface area (Å²) in [5.74, 6) is -0.543. The largest absolute Gasteiger partial charge is 0.298 e. The van der Waals surface area contributed by atoms with E-state index in [2.05, 4.69) is 16.9 Å². The van der Waals surface area contributed by atoms with Gasteiger partial charge in [0.1, 0.15) is 11.4 Å². The number of thiocarbonyl (C=S) groups is 1. The first-order chi connectivity index (χ1) is 15.2. The minimum Gasteiger partial charge on any atom is -0.298 e. The monoisotopic (exact) mass is 447 g/mol. The van der Waals surface area contributed by atoms with E-state index in [1.165, 1.54) is 21.7 Å². The number of carbonyl (C=O) groups is 2. The highest BCUT2D eigenvalue weighted by atomic mass is 32.1. The van der Waals surface area contributed by atoms with Gasteiger partial charge in [-0.05, 0) is 62.8 Å². The third kappa shape index (κ3) is 3.36. The van der Waals surface area contributed by atoms with Gasteiger partial charge < -0.3 is 0 Å². The Morgan fingerprint density at radius 3 is 2.56 bits per heavy atom. The molecule has 1 saturated heterocycles. The van der Waals surface area contributed by atoms with E-state index in [0.29, 0.717) is 28.0 Å². The lowest BCUT2D eigenvalue weighted by molar-refractivity contribution is -0.128. The number of benzene rings is 1. The summed E-state index contributed by atoms with van der Waals surface area (Å²) >= 11 is 5.10. The van der Waals surface area contributed by atoms with Crippen LogP contribution in [0.4, 0.5) is 0 Å². The van der Waals surface area contributed by atoms with Crippen molar-refractivity contribution in [1.29, 1.82) is 0 Å². The standard InChI is InChI=1S/C23H21N5O3S/c1-5-10-26-21(30)18(20(29)25-23(26)32)12-16-11-13(2)27(14(16)3)28-15(4)24-19-9-7-6-8-17(19)22(28)31/h5-9,11-12H,1,10H2,2-4H3,(H,25,29,32). The maximum absolute atomic E-state index is 13.2. The zero-order valence-corrected chi connectivity index (χ0v) is 18.7. The molecule has 3 heterocycles. The molecule has 1 N–H and O–H groups in total. The van der Waals surface area contributed by atoms with Crippen LogP contribution in [0.3, 0.4) is 0 Å². The number of fused-ring (bicyclic) bond motifs is 1. The van der Waals surface area contributed by atoms with Crippen molar-refractivity contribution in [2.45, 2.75) is 20.8 Å². The van der Waals surface area contributed by atoms with Gasteiger partial charge in [-0.1, -0.05) is 18.2 Å². The molecule has 0 radical (unpaired) electrons. The Hall–Kier alpha value is -3.85. The molecule has 1 aromatic carbocycles. The first kappa shape index (κ1) is 21.4. The number of para-hydroxylation sites is 1. The van der Waals surface area contributed by atoms with E-state index >= 15 is 0 Å². The molecule has 0 saturated carbocycles. The Morgan fingerprint density at radius 2 is 1.84 bits per heavy atom. The molecule has 1 aliphatic rings. The van der Waals surface area contributed by atoms with Crippen molar-refractivity contribution in [3.8, 4) is 0 Å². The number of nitrogens with one attached hydrogen (secondary N) is 1. The van der Waals surface area contributed by atoms with Crippen molar-refractivity contribution in [2.24, 2.45) is 0 Å². The number of aromatic nitrogens is 3. The van der Waals surface area contributed by atoms with Crippen LogP contribution >= 0.6 is 12.2 Å². The van der Waals surface area contributed by atoms with Crippen LogP contribution < -0.4 is 10.9 Å². The van der Waals surface area contributed by atoms with Crippen LogP contribution in [-0.4, -0.2) is 42.7 Å². The SMILES string of the molecule is C=CCN1C(=O)C(=Cc2cc(C)n(-n3c(C)nc4ccccc4c3=O)c2C)C(=O)NC1=S. The first-order valence-corrected chi connectivity index (χ1v) is 10.3. The van der Waals surface area contributed by atoms with E-state index in [4.69, 9.17) is 12.2 Å². The summed E-state index contributed by atoms with van der Waals surface area (Å²) in [6.07, 6.45) is 3.05. The Balaban J connectivity index is 1.87. The Morgan fingerprint density at radius 1 is 1.12 bits per heavy atom. The predicted molar refractivity (Wildman–Crippen MR) is 126 cm³/mol. The lowest BCUT2D eigenvalue weighted by Gasteiger charge is -2.27. The molecule has 0 bridgehead atoms. The average molecular weight is 448 g/mol. The lowest BCUT2D eigenvalue weighted by atomic mass is 10.1. The molecular formula is C23H21N5O3S. The van der Waals surface area contributed by atoms with E-state index in [0.717, 1.165) is 5.69 Å². The van der Waals surface area contributed by atoms with Crippen LogP contribution in [0, 0.1) is 20.8 Å². The maximum atomic E-state index is 13.2. The van der Waals surface area contributed by atoms with Crippen LogP contribution in [0.1, 0.15) is 22.8 Å². The topological polar surface area (TPSA) is 89.2 Å². The number of rotatable bonds is 4. The van der Waals surface area contributed by atoms with Gasteiger partial charge in [-0.2, -0.15) is 4.68 Å². The number of aryl methyl sites for hydroxylation is 2. The highest BCUT2D eigenvalue weighted by Crippen LogP contribution is 2.21. The molecular weight excluding hydrogens is 426 g/mol. The quantitative estimate of drug-likeness (QED) is 0.287. The molecule has 1 fully saturated rings. The summed E-state index contributed by atoms with van der Waals surface area (Å²) in [4.78, 5) is 44.4. The second kappa shape index (κ2) is 8.01. The number of carbonyl (C=O) groups excluding carboxylic acids is 2. The van der Waals surface area contributed by atoms with Crippen molar-refractivity contribution >= 4 is 46.1 Å². The maximum Gasteiger partial charge on any atom is 0.280 e. The third-order valence-corrected chi connectivity index (χ3v) is 5.67. The van der Waals surface area contributed by atoms with Gasteiger partial charge >= 0.3 is 0 Å². The number of hydrogen-bond acceptors (Lipinski definition) is 5. The van der Waals surface area contributed by atoms with Crippen LogP contribution in [0.2, 0.25) is 0 Å². The van der Waals surface area contributed by atoms with E-state index in [-0.39, 0.29) is 22.8 Å². The summed E-state index contributed by atoms with van der Waals surface area (Å²) in [7, 11) is 0. The summed E-state index contributed by atoms with van der Waals surface area (Å²) in [6, 6.07) is 8.98. The number of amides is 2. The van der Waals surface area contributed by atoms with Crippen LogP contribution in [0.15, 0.2) is 53.4 Å². The van der Waals surface area contributed by atoms with E-state index in [1.807, 2.05) is 26.0 Å². The Labute approximate surface area is 189 Å². The fraction of sp³-hybridized carbons (Fsp3) is 0.174. The fourth-order valence-corrected chi connectivity index (χ4v) is 4.10. The molecule has 162 valence electrons. The molecule has 1 aliphatic heterocycles. The molecule has 2 amide bonds. The molecule has 3 aromatic rings. The highest BCUT2D eigenvalue weighted by molar-refractivity contribution is 7.80. The highest BCUT2D eigenvalue weighted by Gasteiger charge is 2.33. The molecule has 0 atom stereocenters. The summed E-state index contributed by atoms with van der Waals surface area (Å²) in [6.45, 7) is 9.23. The van der Waals surface area contributed by atoms with Crippen molar-refractivity contribution in [2.75, 3.05) is 6.54 Å². The molecule has 32 heavy (non-hydrogen) atoms. The first-order valence-electron chi connectivity index (χ1n) is 9.92. The molecule has 4 rings (SSSR count). The van der Waals surface area contributed by atoms with Gasteiger partial charge in [0.05, 0.1) is 10.9 Å². The molecule has 0 unspecified atom stereocenters. The normalized spacial score (nSPS) is 15.5. The third-order valence-electron chi connectivity index (χ3n) is 5.35. The summed E-state index contributed by atoms with van der Waals surface area (Å²) < 4.78 is 3.23. The average Bonchev–Trinajstić information content (AvgIpc) is 3.02. The molecule has 8 nitrogen and oxygen atoms in total. The lowest BCUT2D eigenvalue weighted by Crippen LogP contribution is -2.53. The Kier molecular flexibility index (Phi) is 5.35. The minimum atomic E-state index is -0.564. The van der Waals surface area contributed by atoms with Gasteiger partial charge in [0, 0.05) is 17.9 Å². The number of hydrogen-bond donors (Lipinski definition) is 1. The summed E-state index contributed by atoms with van der Waals surface area (Å²) in [5.41, 5.74) is 2.44. The minimum absolute atomic E-state index is 0.0404. The Bertz CT molecular complexity index is 1410. The van der Waals surface area contributed by atoms with Gasteiger partial charge in [0.25, 0.3) is 17.4 Å². The second-order valence-electron chi connectivity index (χ2n) is 7.45. The molecule has 0 aliphatic carbocycles. The van der Waals surface area contributed by atoms with Gasteiger partial charge in [0.15, 0.2) is 5.11 Å². The van der Waals surface area contributed by atoms with Crippen molar-refractivity contribution in [3.63, 3.8) is 0 Å². The van der Waals surface area contributed by atoms with E-state index in [9.17, 15) is 14.4 Å². The van der Waals surface area contributed by atoms with Crippen LogP contribution in [0.25, 0.3) is 17.0 Å². The molecule has 9 heteroatoms. The number of nitrogens with zero attached hydrogens (tertiary/aromatic N) is 4. The van der Waals surface area contributed by atoms with Gasteiger partial charge in [-0.25, -0.2) is 4.98 Å². The van der Waals surface area contributed by atoms with Crippen LogP contribution in [0.5, 0.6) is 0 Å². The van der Waals surface area contributed by atoms with Crippen LogP contribution in [-0.2, 0) is 9.59 Å². The van der Waals surface area contributed by atoms with E-state index < -0.39 is 11.8 Å². The molecule has 2 aromatic heterocycles. The zero-order chi connectivity index (χ0) is 23.2. The second-order valence-corrected chi connectivity index (χ2v) is 7.84.